The Kier molecular flexibility index (Phi) is 6.17. The predicted molar refractivity (Wildman–Crippen MR) is 103 cm³/mol. The van der Waals surface area contributed by atoms with Crippen LogP contribution in [0.5, 0.6) is 0 Å². The van der Waals surface area contributed by atoms with E-state index in [9.17, 15) is 9.18 Å². The van der Waals surface area contributed by atoms with Gasteiger partial charge in [0.25, 0.3) is 0 Å². The number of carbonyl (C=O) groups is 1. The highest BCUT2D eigenvalue weighted by molar-refractivity contribution is 5.82. The van der Waals surface area contributed by atoms with Crippen LogP contribution in [-0.4, -0.2) is 37.3 Å². The lowest BCUT2D eigenvalue weighted by atomic mass is 10.00. The molecule has 0 bridgehead atoms. The molecule has 0 saturated carbocycles. The molecule has 0 unspecified atom stereocenters. The molecule has 0 aromatic heterocycles. The van der Waals surface area contributed by atoms with E-state index in [-0.39, 0.29) is 24.9 Å². The van der Waals surface area contributed by atoms with Gasteiger partial charge in [-0.2, -0.15) is 5.26 Å². The van der Waals surface area contributed by atoms with Gasteiger partial charge >= 0.3 is 0 Å². The molecule has 2 aromatic rings. The fourth-order valence-corrected chi connectivity index (χ4v) is 3.24. The third kappa shape index (κ3) is 4.91. The Hall–Kier alpha value is -2.75. The molecule has 3 rings (SSSR count). The first-order valence-electron chi connectivity index (χ1n) is 9.06. The van der Waals surface area contributed by atoms with E-state index >= 15 is 0 Å². The first-order chi connectivity index (χ1) is 13.1. The zero-order valence-corrected chi connectivity index (χ0v) is 15.0. The maximum absolute atomic E-state index is 13.2. The molecule has 5 nitrogen and oxygen atoms in total. The molecule has 6 heteroatoms. The first kappa shape index (κ1) is 19.0. The zero-order valence-electron chi connectivity index (χ0n) is 15.0. The Morgan fingerprint density at radius 3 is 2.37 bits per heavy atom. The molecule has 4 N–H and O–H groups in total. The number of rotatable bonds is 6. The molecule has 0 spiro atoms. The summed E-state index contributed by atoms with van der Waals surface area (Å²) < 4.78 is 13.2. The maximum Gasteiger partial charge on any atom is 0.237 e. The summed E-state index contributed by atoms with van der Waals surface area (Å²) >= 11 is 0. The number of nitriles is 1. The Balaban J connectivity index is 1.60. The third-order valence-electron chi connectivity index (χ3n) is 4.81. The van der Waals surface area contributed by atoms with Crippen LogP contribution in [0.4, 0.5) is 4.39 Å². The summed E-state index contributed by atoms with van der Waals surface area (Å²) in [4.78, 5) is 12.2. The van der Waals surface area contributed by atoms with Crippen LogP contribution in [0.1, 0.15) is 17.5 Å². The number of carbonyl (C=O) groups excluding carboxylic acids is 1. The number of benzene rings is 2. The molecule has 140 valence electrons. The van der Waals surface area contributed by atoms with E-state index in [4.69, 9.17) is 11.0 Å². The minimum Gasteiger partial charge on any atom is -0.350 e. The van der Waals surface area contributed by atoms with Crippen LogP contribution in [-0.2, 0) is 11.2 Å². The van der Waals surface area contributed by atoms with Gasteiger partial charge in [0.15, 0.2) is 0 Å². The number of nitrogens with zero attached hydrogens (tertiary/aromatic N) is 1. The lowest BCUT2D eigenvalue weighted by molar-refractivity contribution is -0.123. The molecular formula is C21H23FN4O. The third-order valence-corrected chi connectivity index (χ3v) is 4.81. The number of amides is 1. The van der Waals surface area contributed by atoms with E-state index in [0.717, 1.165) is 16.7 Å². The van der Waals surface area contributed by atoms with Crippen molar-refractivity contribution in [3.05, 3.63) is 59.7 Å². The monoisotopic (exact) mass is 366 g/mol. The summed E-state index contributed by atoms with van der Waals surface area (Å²) in [6, 6.07) is 16.9. The van der Waals surface area contributed by atoms with Crippen LogP contribution in [0.3, 0.4) is 0 Å². The van der Waals surface area contributed by atoms with Crippen LogP contribution in [0.2, 0.25) is 0 Å². The summed E-state index contributed by atoms with van der Waals surface area (Å²) in [7, 11) is 0. The number of nitrogens with two attached hydrogens (primary N) is 1. The van der Waals surface area contributed by atoms with Gasteiger partial charge in [0.2, 0.25) is 5.91 Å². The second-order valence-electron chi connectivity index (χ2n) is 6.83. The number of nitrogens with one attached hydrogen (secondary N) is 2. The number of hydrogen-bond donors (Lipinski definition) is 3. The molecule has 1 fully saturated rings. The zero-order chi connectivity index (χ0) is 19.2. The molecule has 3 atom stereocenters. The Labute approximate surface area is 158 Å². The van der Waals surface area contributed by atoms with Crippen LogP contribution in [0.25, 0.3) is 11.1 Å². The molecule has 1 amide bonds. The average Bonchev–Trinajstić information content (AvgIpc) is 3.14. The number of hydrogen-bond acceptors (Lipinski definition) is 4. The summed E-state index contributed by atoms with van der Waals surface area (Å²) in [6.45, 7) is 0.539. The Morgan fingerprint density at radius 2 is 1.85 bits per heavy atom. The van der Waals surface area contributed by atoms with Crippen molar-refractivity contribution in [1.82, 2.24) is 10.6 Å². The maximum atomic E-state index is 13.2. The van der Waals surface area contributed by atoms with Gasteiger partial charge < -0.3 is 16.4 Å². The van der Waals surface area contributed by atoms with Gasteiger partial charge in [0.1, 0.15) is 6.17 Å². The summed E-state index contributed by atoms with van der Waals surface area (Å²) in [5.74, 6) is -0.195. The largest absolute Gasteiger partial charge is 0.350 e. The van der Waals surface area contributed by atoms with Crippen molar-refractivity contribution in [1.29, 1.82) is 5.26 Å². The molecule has 2 aromatic carbocycles. The summed E-state index contributed by atoms with van der Waals surface area (Å²) in [5.41, 5.74) is 9.60. The van der Waals surface area contributed by atoms with E-state index in [1.807, 2.05) is 36.4 Å². The lowest BCUT2D eigenvalue weighted by Gasteiger charge is -2.19. The molecule has 0 radical (unpaired) electrons. The fourth-order valence-electron chi connectivity index (χ4n) is 3.24. The van der Waals surface area contributed by atoms with Crippen molar-refractivity contribution >= 4 is 5.91 Å². The molecule has 27 heavy (non-hydrogen) atoms. The van der Waals surface area contributed by atoms with Gasteiger partial charge in [-0.25, -0.2) is 4.39 Å². The van der Waals surface area contributed by atoms with Gasteiger partial charge in [-0.3, -0.25) is 4.79 Å². The smallest absolute Gasteiger partial charge is 0.237 e. The normalized spacial score (nSPS) is 20.0. The van der Waals surface area contributed by atoms with Gasteiger partial charge in [-0.1, -0.05) is 36.4 Å². The number of alkyl halides is 1. The lowest BCUT2D eigenvalue weighted by Crippen LogP contribution is -2.48. The quantitative estimate of drug-likeness (QED) is 0.728. The van der Waals surface area contributed by atoms with Crippen molar-refractivity contribution in [2.24, 2.45) is 5.73 Å². The summed E-state index contributed by atoms with van der Waals surface area (Å²) in [6.07, 6.45) is -0.142. The number of halogens is 1. The van der Waals surface area contributed by atoms with Crippen molar-refractivity contribution in [2.45, 2.75) is 31.1 Å². The molecule has 1 heterocycles. The van der Waals surface area contributed by atoms with Crippen molar-refractivity contribution in [2.75, 3.05) is 13.1 Å². The predicted octanol–water partition coefficient (Wildman–Crippen LogP) is 1.91. The van der Waals surface area contributed by atoms with Crippen LogP contribution in [0.15, 0.2) is 48.5 Å². The molecule has 1 saturated heterocycles. The van der Waals surface area contributed by atoms with Gasteiger partial charge in [-0.15, -0.1) is 0 Å². The molecule has 1 aliphatic heterocycles. The standard InChI is InChI=1S/C21H23FN4O/c22-18-10-20(25-13-18)21(27)26-19(12-24)9-14-1-5-16(6-2-14)17-7-3-15(11-23)4-8-17/h1-8,18-20,25H,9-10,12-13,24H2,(H,26,27)/t18-,19-,20-/m0/s1. The highest BCUT2D eigenvalue weighted by atomic mass is 19.1. The van der Waals surface area contributed by atoms with E-state index in [2.05, 4.69) is 16.7 Å². The minimum absolute atomic E-state index is 0.195. The topological polar surface area (TPSA) is 90.9 Å². The van der Waals surface area contributed by atoms with Crippen molar-refractivity contribution < 1.29 is 9.18 Å². The second-order valence-corrected chi connectivity index (χ2v) is 6.83. The molecule has 0 aliphatic carbocycles. The van der Waals surface area contributed by atoms with E-state index in [1.54, 1.807) is 12.1 Å². The average molecular weight is 366 g/mol. The highest BCUT2D eigenvalue weighted by Gasteiger charge is 2.30. The van der Waals surface area contributed by atoms with Crippen LogP contribution < -0.4 is 16.4 Å². The van der Waals surface area contributed by atoms with Gasteiger partial charge in [0, 0.05) is 25.6 Å². The van der Waals surface area contributed by atoms with Gasteiger partial charge in [-0.05, 0) is 35.2 Å². The van der Waals surface area contributed by atoms with E-state index in [0.29, 0.717) is 18.5 Å². The summed E-state index contributed by atoms with van der Waals surface area (Å²) in [5, 5.41) is 14.7. The molecule has 1 aliphatic rings. The van der Waals surface area contributed by atoms with Crippen molar-refractivity contribution in [3.8, 4) is 17.2 Å². The van der Waals surface area contributed by atoms with E-state index < -0.39 is 12.2 Å². The van der Waals surface area contributed by atoms with Gasteiger partial charge in [0.05, 0.1) is 17.7 Å². The Bertz CT molecular complexity index is 814. The fraction of sp³-hybridized carbons (Fsp3) is 0.333. The second kappa shape index (κ2) is 8.76. The van der Waals surface area contributed by atoms with E-state index in [1.165, 1.54) is 0 Å². The SMILES string of the molecule is N#Cc1ccc(-c2ccc(C[C@@H](CN)NC(=O)[C@@H]3C[C@H](F)CN3)cc2)cc1. The Morgan fingerprint density at radius 1 is 1.22 bits per heavy atom. The molecular weight excluding hydrogens is 343 g/mol. The van der Waals surface area contributed by atoms with Crippen LogP contribution in [0, 0.1) is 11.3 Å². The highest BCUT2D eigenvalue weighted by Crippen LogP contribution is 2.21. The van der Waals surface area contributed by atoms with Crippen molar-refractivity contribution in [3.63, 3.8) is 0 Å². The van der Waals surface area contributed by atoms with Crippen LogP contribution >= 0.6 is 0 Å². The minimum atomic E-state index is -0.966. The first-order valence-corrected chi connectivity index (χ1v) is 9.06.